The van der Waals surface area contributed by atoms with Crippen molar-refractivity contribution in [3.8, 4) is 6.07 Å². The number of benzene rings is 1. The summed E-state index contributed by atoms with van der Waals surface area (Å²) < 4.78 is 0. The van der Waals surface area contributed by atoms with Crippen LogP contribution in [0.25, 0.3) is 0 Å². The molecular formula is C14H11ClN4O2S. The molecule has 0 saturated carbocycles. The summed E-state index contributed by atoms with van der Waals surface area (Å²) in [5, 5.41) is 22.2. The van der Waals surface area contributed by atoms with Crippen molar-refractivity contribution in [2.75, 3.05) is 12.3 Å². The van der Waals surface area contributed by atoms with Crippen LogP contribution in [0.5, 0.6) is 0 Å². The smallest absolute Gasteiger partial charge is 0.288 e. The van der Waals surface area contributed by atoms with Crippen LogP contribution >= 0.6 is 23.4 Å². The van der Waals surface area contributed by atoms with Gasteiger partial charge >= 0.3 is 0 Å². The number of nitrogens with two attached hydrogens (primary N) is 1. The molecule has 2 aliphatic rings. The van der Waals surface area contributed by atoms with Crippen molar-refractivity contribution in [3.63, 3.8) is 0 Å². The van der Waals surface area contributed by atoms with Gasteiger partial charge in [-0.1, -0.05) is 35.5 Å². The second-order valence-corrected chi connectivity index (χ2v) is 6.36. The number of rotatable bonds is 2. The molecule has 2 aliphatic heterocycles. The van der Waals surface area contributed by atoms with Crippen molar-refractivity contribution in [1.29, 1.82) is 5.26 Å². The largest absolute Gasteiger partial charge is 0.384 e. The molecule has 0 amide bonds. The Balaban J connectivity index is 2.23. The van der Waals surface area contributed by atoms with Gasteiger partial charge < -0.3 is 10.6 Å². The second-order valence-electron chi connectivity index (χ2n) is 4.84. The molecule has 2 N–H and O–H groups in total. The van der Waals surface area contributed by atoms with Crippen LogP contribution in [0.15, 0.2) is 46.4 Å². The molecule has 1 fully saturated rings. The molecule has 1 atom stereocenters. The summed E-state index contributed by atoms with van der Waals surface area (Å²) in [6.07, 6.45) is 0. The molecule has 0 radical (unpaired) electrons. The molecule has 112 valence electrons. The molecule has 1 aromatic carbocycles. The third-order valence-electron chi connectivity index (χ3n) is 3.67. The number of fused-ring (bicyclic) bond motifs is 1. The minimum Gasteiger partial charge on any atom is -0.384 e. The number of halogens is 1. The fraction of sp³-hybridized carbons (Fsp3) is 0.214. The van der Waals surface area contributed by atoms with Crippen LogP contribution in [0, 0.1) is 21.4 Å². The zero-order valence-electron chi connectivity index (χ0n) is 11.3. The zero-order valence-corrected chi connectivity index (χ0v) is 12.9. The monoisotopic (exact) mass is 334 g/mol. The number of thioether (sulfide) groups is 1. The van der Waals surface area contributed by atoms with Gasteiger partial charge in [0.1, 0.15) is 11.7 Å². The number of hydrogen-bond donors (Lipinski definition) is 1. The lowest BCUT2D eigenvalue weighted by molar-refractivity contribution is -0.430. The van der Waals surface area contributed by atoms with Crippen LogP contribution in [-0.2, 0) is 0 Å². The highest BCUT2D eigenvalue weighted by Crippen LogP contribution is 2.46. The van der Waals surface area contributed by atoms with Crippen LogP contribution in [0.3, 0.4) is 0 Å². The maximum atomic E-state index is 11.6. The molecule has 0 bridgehead atoms. The number of nitro groups is 1. The zero-order chi connectivity index (χ0) is 15.9. The summed E-state index contributed by atoms with van der Waals surface area (Å²) in [6.45, 7) is 0.571. The fourth-order valence-corrected chi connectivity index (χ4v) is 3.97. The van der Waals surface area contributed by atoms with Crippen molar-refractivity contribution < 1.29 is 4.92 Å². The topological polar surface area (TPSA) is 96.2 Å². The number of nitriles is 1. The molecule has 1 saturated heterocycles. The first kappa shape index (κ1) is 14.8. The van der Waals surface area contributed by atoms with Gasteiger partial charge in [-0.15, -0.1) is 0 Å². The Morgan fingerprint density at radius 1 is 1.45 bits per heavy atom. The first-order valence-corrected chi connectivity index (χ1v) is 7.85. The van der Waals surface area contributed by atoms with E-state index in [0.29, 0.717) is 33.7 Å². The molecule has 1 aromatic rings. The lowest BCUT2D eigenvalue weighted by Gasteiger charge is -2.29. The lowest BCUT2D eigenvalue weighted by Crippen LogP contribution is -2.33. The van der Waals surface area contributed by atoms with Crippen LogP contribution < -0.4 is 5.73 Å². The first-order chi connectivity index (χ1) is 10.5. The summed E-state index contributed by atoms with van der Waals surface area (Å²) in [4.78, 5) is 12.9. The van der Waals surface area contributed by atoms with Crippen molar-refractivity contribution >= 4 is 23.4 Å². The Morgan fingerprint density at radius 2 is 2.14 bits per heavy atom. The normalized spacial score (nSPS) is 20.9. The predicted molar refractivity (Wildman–Crippen MR) is 84.2 cm³/mol. The maximum absolute atomic E-state index is 11.6. The Hall–Kier alpha value is -2.17. The van der Waals surface area contributed by atoms with E-state index in [1.807, 2.05) is 6.07 Å². The Labute approximate surface area is 136 Å². The highest BCUT2D eigenvalue weighted by molar-refractivity contribution is 8.03. The molecule has 0 aliphatic carbocycles. The van der Waals surface area contributed by atoms with E-state index in [-0.39, 0.29) is 11.3 Å². The highest BCUT2D eigenvalue weighted by atomic mass is 35.5. The van der Waals surface area contributed by atoms with Gasteiger partial charge in [0.15, 0.2) is 5.03 Å². The first-order valence-electron chi connectivity index (χ1n) is 6.48. The molecule has 6 nitrogen and oxygen atoms in total. The van der Waals surface area contributed by atoms with Crippen LogP contribution in [-0.4, -0.2) is 22.1 Å². The number of nitrogens with zero attached hydrogens (tertiary/aromatic N) is 3. The van der Waals surface area contributed by atoms with E-state index in [9.17, 15) is 15.4 Å². The van der Waals surface area contributed by atoms with Crippen molar-refractivity contribution in [2.24, 2.45) is 5.73 Å². The molecule has 22 heavy (non-hydrogen) atoms. The summed E-state index contributed by atoms with van der Waals surface area (Å²) in [7, 11) is 0. The van der Waals surface area contributed by atoms with Gasteiger partial charge in [0, 0.05) is 17.3 Å². The summed E-state index contributed by atoms with van der Waals surface area (Å²) >= 11 is 7.27. The van der Waals surface area contributed by atoms with Gasteiger partial charge in [0.25, 0.3) is 5.70 Å². The van der Waals surface area contributed by atoms with E-state index < -0.39 is 10.8 Å². The summed E-state index contributed by atoms with van der Waals surface area (Å²) in [5.41, 5.74) is 6.93. The molecule has 3 rings (SSSR count). The van der Waals surface area contributed by atoms with Crippen molar-refractivity contribution in [1.82, 2.24) is 4.90 Å². The van der Waals surface area contributed by atoms with Gasteiger partial charge in [-0.3, -0.25) is 10.1 Å². The summed E-state index contributed by atoms with van der Waals surface area (Å²) in [5.74, 6) is 0.238. The van der Waals surface area contributed by atoms with Gasteiger partial charge in [-0.2, -0.15) is 5.26 Å². The SMILES string of the molecule is N#CC1=C(N)N2CCSC2=C([N+](=O)[O-])C1c1ccc(Cl)cc1. The van der Waals surface area contributed by atoms with Crippen LogP contribution in [0.2, 0.25) is 5.02 Å². The fourth-order valence-electron chi connectivity index (χ4n) is 2.69. The average Bonchev–Trinajstić information content (AvgIpc) is 2.97. The average molecular weight is 335 g/mol. The standard InChI is InChI=1S/C14H11ClN4O2S/c15-9-3-1-8(2-4-9)11-10(7-16)13(17)18-5-6-22-14(18)12(11)19(20)21/h1-4,11H,5-6,17H2. The molecule has 0 aromatic heterocycles. The van der Waals surface area contributed by atoms with Crippen LogP contribution in [0.1, 0.15) is 11.5 Å². The maximum Gasteiger partial charge on any atom is 0.288 e. The third kappa shape index (κ3) is 2.21. The van der Waals surface area contributed by atoms with Gasteiger partial charge in [-0.25, -0.2) is 0 Å². The number of hydrogen-bond acceptors (Lipinski definition) is 6. The molecule has 8 heteroatoms. The highest BCUT2D eigenvalue weighted by Gasteiger charge is 2.44. The van der Waals surface area contributed by atoms with Crippen molar-refractivity contribution in [3.05, 3.63) is 67.1 Å². The Morgan fingerprint density at radius 3 is 2.73 bits per heavy atom. The molecule has 2 heterocycles. The third-order valence-corrected chi connectivity index (χ3v) is 5.01. The Bertz CT molecular complexity index is 751. The van der Waals surface area contributed by atoms with E-state index in [1.165, 1.54) is 11.8 Å². The molecule has 1 unspecified atom stereocenters. The lowest BCUT2D eigenvalue weighted by atomic mass is 9.87. The summed E-state index contributed by atoms with van der Waals surface area (Å²) in [6, 6.07) is 8.73. The van der Waals surface area contributed by atoms with Gasteiger partial charge in [0.05, 0.1) is 16.6 Å². The quantitative estimate of drug-likeness (QED) is 0.659. The van der Waals surface area contributed by atoms with E-state index in [1.54, 1.807) is 29.2 Å². The van der Waals surface area contributed by atoms with E-state index in [2.05, 4.69) is 0 Å². The van der Waals surface area contributed by atoms with E-state index in [4.69, 9.17) is 17.3 Å². The number of allylic oxidation sites excluding steroid dienone is 1. The molecule has 0 spiro atoms. The van der Waals surface area contributed by atoms with Gasteiger partial charge in [0.2, 0.25) is 0 Å². The molecular weight excluding hydrogens is 324 g/mol. The van der Waals surface area contributed by atoms with Gasteiger partial charge in [-0.05, 0) is 17.7 Å². The van der Waals surface area contributed by atoms with Crippen LogP contribution in [0.4, 0.5) is 0 Å². The Kier molecular flexibility index (Phi) is 3.72. The predicted octanol–water partition coefficient (Wildman–Crippen LogP) is 2.63. The minimum atomic E-state index is -0.769. The van der Waals surface area contributed by atoms with E-state index in [0.717, 1.165) is 0 Å². The minimum absolute atomic E-state index is 0.00979. The second kappa shape index (κ2) is 5.55. The van der Waals surface area contributed by atoms with E-state index >= 15 is 0 Å². The van der Waals surface area contributed by atoms with Crippen molar-refractivity contribution in [2.45, 2.75) is 5.92 Å².